The number of thiocarbonyl (C=S) groups is 1. The average Bonchev–Trinajstić information content (AvgIpc) is 3.15. The van der Waals surface area contributed by atoms with Crippen LogP contribution in [0.4, 0.5) is 15.8 Å². The maximum absolute atomic E-state index is 13.4. The highest BCUT2D eigenvalue weighted by Gasteiger charge is 2.43. The van der Waals surface area contributed by atoms with Gasteiger partial charge in [0.25, 0.3) is 5.91 Å². The number of anilines is 2. The van der Waals surface area contributed by atoms with E-state index in [0.29, 0.717) is 35.2 Å². The molecule has 2 amide bonds. The Kier molecular flexibility index (Phi) is 7.18. The summed E-state index contributed by atoms with van der Waals surface area (Å²) < 4.78 is 18.5. The molecule has 3 aromatic carbocycles. The van der Waals surface area contributed by atoms with Crippen molar-refractivity contribution in [2.24, 2.45) is 0 Å². The van der Waals surface area contributed by atoms with Crippen LogP contribution in [-0.2, 0) is 16.0 Å². The van der Waals surface area contributed by atoms with E-state index in [1.54, 1.807) is 48.4 Å². The quantitative estimate of drug-likeness (QED) is 0.402. The van der Waals surface area contributed by atoms with Crippen molar-refractivity contribution in [3.63, 3.8) is 0 Å². The highest BCUT2D eigenvalue weighted by atomic mass is 32.1. The molecule has 0 aliphatic carbocycles. The normalized spacial score (nSPS) is 15.4. The van der Waals surface area contributed by atoms with Gasteiger partial charge in [-0.15, -0.1) is 0 Å². The van der Waals surface area contributed by atoms with Gasteiger partial charge >= 0.3 is 0 Å². The monoisotopic (exact) mass is 477 g/mol. The van der Waals surface area contributed by atoms with Gasteiger partial charge in [-0.3, -0.25) is 9.59 Å². The third kappa shape index (κ3) is 5.23. The number of benzene rings is 3. The zero-order valence-electron chi connectivity index (χ0n) is 18.6. The standard InChI is InChI=1S/C26H24FN3O3S/c1-33-22-13-11-21(12-14-22)30-24(31)17-23(25(30)32)29(16-15-18-5-3-2-4-6-18)26(34)28-20-9-7-19(27)8-10-20/h2-14,23H,15-17H2,1H3,(H,28,34). The highest BCUT2D eigenvalue weighted by Crippen LogP contribution is 2.28. The molecular formula is C26H24FN3O3S. The van der Waals surface area contributed by atoms with E-state index in [0.717, 1.165) is 5.56 Å². The predicted molar refractivity (Wildman–Crippen MR) is 133 cm³/mol. The number of carbonyl (C=O) groups is 2. The van der Waals surface area contributed by atoms with Crippen molar-refractivity contribution in [3.05, 3.63) is 90.2 Å². The molecule has 0 spiro atoms. The second-order valence-electron chi connectivity index (χ2n) is 7.85. The van der Waals surface area contributed by atoms with Crippen molar-refractivity contribution in [1.29, 1.82) is 0 Å². The summed E-state index contributed by atoms with van der Waals surface area (Å²) in [6, 6.07) is 21.7. The molecular weight excluding hydrogens is 453 g/mol. The zero-order valence-corrected chi connectivity index (χ0v) is 19.4. The molecule has 1 aliphatic heterocycles. The third-order valence-corrected chi connectivity index (χ3v) is 6.01. The van der Waals surface area contributed by atoms with Crippen LogP contribution >= 0.6 is 12.2 Å². The molecule has 1 heterocycles. The summed E-state index contributed by atoms with van der Waals surface area (Å²) in [4.78, 5) is 29.2. The predicted octanol–water partition coefficient (Wildman–Crippen LogP) is 4.41. The molecule has 34 heavy (non-hydrogen) atoms. The molecule has 0 bridgehead atoms. The summed E-state index contributed by atoms with van der Waals surface area (Å²) in [5.74, 6) is -0.362. The SMILES string of the molecule is COc1ccc(N2C(=O)CC(N(CCc3ccccc3)C(=S)Nc3ccc(F)cc3)C2=O)cc1. The molecule has 8 heteroatoms. The Labute approximate surface area is 202 Å². The molecule has 3 aromatic rings. The number of carbonyl (C=O) groups excluding carboxylic acids is 2. The van der Waals surface area contributed by atoms with E-state index in [-0.39, 0.29) is 24.1 Å². The number of nitrogens with one attached hydrogen (secondary N) is 1. The molecule has 1 N–H and O–H groups in total. The van der Waals surface area contributed by atoms with Crippen LogP contribution in [0.15, 0.2) is 78.9 Å². The van der Waals surface area contributed by atoms with Crippen molar-refractivity contribution in [3.8, 4) is 5.75 Å². The fourth-order valence-electron chi connectivity index (χ4n) is 3.88. The molecule has 1 fully saturated rings. The minimum Gasteiger partial charge on any atom is -0.497 e. The summed E-state index contributed by atoms with van der Waals surface area (Å²) in [5.41, 5.74) is 2.17. The Morgan fingerprint density at radius 3 is 2.38 bits per heavy atom. The first kappa shape index (κ1) is 23.4. The zero-order chi connectivity index (χ0) is 24.1. The fourth-order valence-corrected chi connectivity index (χ4v) is 4.22. The topological polar surface area (TPSA) is 61.9 Å². The molecule has 6 nitrogen and oxygen atoms in total. The second-order valence-corrected chi connectivity index (χ2v) is 8.24. The van der Waals surface area contributed by atoms with Crippen molar-refractivity contribution in [1.82, 2.24) is 4.90 Å². The van der Waals surface area contributed by atoms with E-state index in [4.69, 9.17) is 17.0 Å². The summed E-state index contributed by atoms with van der Waals surface area (Å²) in [7, 11) is 1.55. The lowest BCUT2D eigenvalue weighted by Gasteiger charge is -2.30. The minimum absolute atomic E-state index is 0.00485. The second kappa shape index (κ2) is 10.4. The van der Waals surface area contributed by atoms with Crippen LogP contribution in [0.3, 0.4) is 0 Å². The van der Waals surface area contributed by atoms with Crippen LogP contribution in [0.2, 0.25) is 0 Å². The van der Waals surface area contributed by atoms with Gasteiger partial charge in [0, 0.05) is 12.2 Å². The van der Waals surface area contributed by atoms with Crippen LogP contribution in [0.1, 0.15) is 12.0 Å². The number of hydrogen-bond donors (Lipinski definition) is 1. The number of imide groups is 1. The third-order valence-electron chi connectivity index (χ3n) is 5.67. The van der Waals surface area contributed by atoms with Gasteiger partial charge in [-0.1, -0.05) is 30.3 Å². The van der Waals surface area contributed by atoms with Crippen molar-refractivity contribution in [2.45, 2.75) is 18.9 Å². The lowest BCUT2D eigenvalue weighted by atomic mass is 10.1. The molecule has 1 saturated heterocycles. The van der Waals surface area contributed by atoms with Gasteiger partial charge in [-0.05, 0) is 72.7 Å². The van der Waals surface area contributed by atoms with E-state index < -0.39 is 6.04 Å². The lowest BCUT2D eigenvalue weighted by Crippen LogP contribution is -2.48. The van der Waals surface area contributed by atoms with Gasteiger partial charge in [0.15, 0.2) is 5.11 Å². The largest absolute Gasteiger partial charge is 0.497 e. The highest BCUT2D eigenvalue weighted by molar-refractivity contribution is 7.80. The summed E-state index contributed by atoms with van der Waals surface area (Å²) in [5, 5.41) is 3.38. The Bertz CT molecular complexity index is 1170. The Balaban J connectivity index is 1.57. The molecule has 1 aliphatic rings. The molecule has 1 atom stereocenters. The van der Waals surface area contributed by atoms with E-state index in [1.807, 2.05) is 30.3 Å². The van der Waals surface area contributed by atoms with Gasteiger partial charge in [-0.25, -0.2) is 9.29 Å². The number of rotatable bonds is 7. The van der Waals surface area contributed by atoms with Crippen LogP contribution in [0.5, 0.6) is 5.75 Å². The van der Waals surface area contributed by atoms with Gasteiger partial charge < -0.3 is 15.0 Å². The molecule has 1 unspecified atom stereocenters. The summed E-state index contributed by atoms with van der Waals surface area (Å²) >= 11 is 5.64. The Hall–Kier alpha value is -3.78. The molecule has 174 valence electrons. The van der Waals surface area contributed by atoms with E-state index in [2.05, 4.69) is 5.32 Å². The van der Waals surface area contributed by atoms with Gasteiger partial charge in [0.05, 0.1) is 19.2 Å². The average molecular weight is 478 g/mol. The van der Waals surface area contributed by atoms with Crippen LogP contribution in [-0.4, -0.2) is 41.5 Å². The first-order chi connectivity index (χ1) is 16.5. The molecule has 0 saturated carbocycles. The van der Waals surface area contributed by atoms with E-state index in [1.165, 1.54) is 17.0 Å². The first-order valence-corrected chi connectivity index (χ1v) is 11.2. The minimum atomic E-state index is -0.751. The van der Waals surface area contributed by atoms with Crippen LogP contribution in [0.25, 0.3) is 0 Å². The van der Waals surface area contributed by atoms with Crippen LogP contribution in [0, 0.1) is 5.82 Å². The number of nitrogens with zero attached hydrogens (tertiary/aromatic N) is 2. The maximum Gasteiger partial charge on any atom is 0.257 e. The molecule has 0 aromatic heterocycles. The number of hydrogen-bond acceptors (Lipinski definition) is 4. The summed E-state index contributed by atoms with van der Waals surface area (Å²) in [6.45, 7) is 0.428. The van der Waals surface area contributed by atoms with Gasteiger partial charge in [0.1, 0.15) is 17.6 Å². The van der Waals surface area contributed by atoms with Crippen molar-refractivity contribution in [2.75, 3.05) is 23.9 Å². The van der Waals surface area contributed by atoms with Gasteiger partial charge in [0.2, 0.25) is 5.91 Å². The van der Waals surface area contributed by atoms with Crippen LogP contribution < -0.4 is 15.0 Å². The van der Waals surface area contributed by atoms with Crippen molar-refractivity contribution >= 4 is 40.5 Å². The Morgan fingerprint density at radius 2 is 1.74 bits per heavy atom. The maximum atomic E-state index is 13.4. The fraction of sp³-hybridized carbons (Fsp3) is 0.192. The number of ether oxygens (including phenoxy) is 1. The van der Waals surface area contributed by atoms with E-state index in [9.17, 15) is 14.0 Å². The molecule has 4 rings (SSSR count). The number of halogens is 1. The first-order valence-electron chi connectivity index (χ1n) is 10.8. The van der Waals surface area contributed by atoms with Crippen molar-refractivity contribution < 1.29 is 18.7 Å². The smallest absolute Gasteiger partial charge is 0.257 e. The summed E-state index contributed by atoms with van der Waals surface area (Å²) in [6.07, 6.45) is 0.636. The molecule has 0 radical (unpaired) electrons. The Morgan fingerprint density at radius 1 is 1.06 bits per heavy atom. The van der Waals surface area contributed by atoms with E-state index >= 15 is 0 Å². The number of methoxy groups -OCH3 is 1. The van der Waals surface area contributed by atoms with Gasteiger partial charge in [-0.2, -0.15) is 0 Å². The lowest BCUT2D eigenvalue weighted by molar-refractivity contribution is -0.122. The number of amides is 2.